The van der Waals surface area contributed by atoms with E-state index in [-0.39, 0.29) is 0 Å². The minimum absolute atomic E-state index is 1.12. The van der Waals surface area contributed by atoms with Crippen LogP contribution in [0.25, 0.3) is 105 Å². The molecule has 0 unspecified atom stereocenters. The van der Waals surface area contributed by atoms with E-state index in [2.05, 4.69) is 252 Å². The van der Waals surface area contributed by atoms with E-state index in [1.54, 1.807) is 0 Å². The summed E-state index contributed by atoms with van der Waals surface area (Å²) in [6, 6.07) is 89.1. The fourth-order valence-corrected chi connectivity index (χ4v) is 10.6. The number of aromatic nitrogens is 1. The number of benzene rings is 11. The molecule has 2 nitrogen and oxygen atoms in total. The SMILES string of the molecule is c1ccc(-c2ccccc2-c2c(-c3ccccc3)ccc3c2N(c2ccccc2)c2cccc4c(-c5ccc6c(c5)c5ccccc5n6-c5cccc6ccccc56)ccc-3c24)cc1. The van der Waals surface area contributed by atoms with Crippen LogP contribution >= 0.6 is 0 Å². The number of para-hydroxylation sites is 2. The molecule has 2 heteroatoms. The Balaban J connectivity index is 1.08. The van der Waals surface area contributed by atoms with Crippen molar-refractivity contribution in [3.8, 4) is 61.3 Å². The molecule has 12 aromatic rings. The van der Waals surface area contributed by atoms with E-state index in [1.807, 2.05) is 0 Å². The third-order valence-corrected chi connectivity index (χ3v) is 13.3. The molecule has 2 heterocycles. The number of hydrogen-bond donors (Lipinski definition) is 0. The van der Waals surface area contributed by atoms with Crippen LogP contribution in [-0.2, 0) is 0 Å². The molecule has 0 bridgehead atoms. The molecular formula is C62H40N2. The Morgan fingerprint density at radius 1 is 0.281 bits per heavy atom. The first kappa shape index (κ1) is 36.2. The normalized spacial score (nSPS) is 12.0. The number of hydrogen-bond acceptors (Lipinski definition) is 1. The minimum Gasteiger partial charge on any atom is -0.309 e. The first-order chi connectivity index (χ1) is 31.8. The van der Waals surface area contributed by atoms with Crippen molar-refractivity contribution in [2.24, 2.45) is 0 Å². The fourth-order valence-electron chi connectivity index (χ4n) is 10.6. The van der Waals surface area contributed by atoms with Gasteiger partial charge in [-0.05, 0) is 97.7 Å². The van der Waals surface area contributed by atoms with Gasteiger partial charge in [-0.2, -0.15) is 0 Å². The highest BCUT2D eigenvalue weighted by Crippen LogP contribution is 2.58. The Morgan fingerprint density at radius 3 is 1.66 bits per heavy atom. The first-order valence-electron chi connectivity index (χ1n) is 22.1. The largest absolute Gasteiger partial charge is 0.309 e. The number of rotatable bonds is 6. The number of anilines is 3. The van der Waals surface area contributed by atoms with Gasteiger partial charge in [0.05, 0.1) is 28.1 Å². The molecule has 0 atom stereocenters. The van der Waals surface area contributed by atoms with Crippen LogP contribution in [0.3, 0.4) is 0 Å². The molecular weight excluding hydrogens is 773 g/mol. The Hall–Kier alpha value is -8.46. The van der Waals surface area contributed by atoms with Gasteiger partial charge < -0.3 is 9.47 Å². The summed E-state index contributed by atoms with van der Waals surface area (Å²) in [5.74, 6) is 0. The maximum atomic E-state index is 2.53. The second-order valence-electron chi connectivity index (χ2n) is 16.8. The highest BCUT2D eigenvalue weighted by molar-refractivity contribution is 6.21. The summed E-state index contributed by atoms with van der Waals surface area (Å²) >= 11 is 0. The standard InChI is InChI=1S/C62H40N2/c1-4-18-41(19-5-1)46-26-12-13-29-52(46)61-49(43-20-6-2-7-21-43)36-38-54-53-37-35-47(51-30-17-33-59(60(51)53)63(62(54)61)45-24-8-3-9-25-45)44-34-39-58-55(40-44)50-28-14-15-31-57(50)64(58)56-32-16-23-42-22-10-11-27-48(42)56/h1-40H. The Bertz CT molecular complexity index is 3770. The molecule has 298 valence electrons. The summed E-state index contributed by atoms with van der Waals surface area (Å²) in [5.41, 5.74) is 19.2. The third kappa shape index (κ3) is 5.53. The van der Waals surface area contributed by atoms with Crippen LogP contribution in [0.2, 0.25) is 0 Å². The summed E-state index contributed by atoms with van der Waals surface area (Å²) < 4.78 is 2.44. The smallest absolute Gasteiger partial charge is 0.0625 e. The Kier molecular flexibility index (Phi) is 8.25. The predicted octanol–water partition coefficient (Wildman–Crippen LogP) is 17.2. The molecule has 0 saturated heterocycles. The van der Waals surface area contributed by atoms with Crippen molar-refractivity contribution in [2.45, 2.75) is 0 Å². The van der Waals surface area contributed by atoms with Crippen molar-refractivity contribution in [3.63, 3.8) is 0 Å². The second-order valence-corrected chi connectivity index (χ2v) is 16.8. The molecule has 0 spiro atoms. The van der Waals surface area contributed by atoms with E-state index in [0.29, 0.717) is 0 Å². The van der Waals surface area contributed by atoms with Crippen molar-refractivity contribution in [1.29, 1.82) is 0 Å². The molecule has 0 radical (unpaired) electrons. The molecule has 0 saturated carbocycles. The molecule has 0 amide bonds. The number of nitrogens with zero attached hydrogens (tertiary/aromatic N) is 2. The zero-order valence-corrected chi connectivity index (χ0v) is 35.0. The van der Waals surface area contributed by atoms with Gasteiger partial charge >= 0.3 is 0 Å². The maximum Gasteiger partial charge on any atom is 0.0625 e. The van der Waals surface area contributed by atoms with Crippen LogP contribution in [0.4, 0.5) is 17.1 Å². The van der Waals surface area contributed by atoms with Crippen LogP contribution in [0.1, 0.15) is 0 Å². The number of fused-ring (bicyclic) bond motifs is 6. The molecule has 0 N–H and O–H groups in total. The Labute approximate surface area is 372 Å². The van der Waals surface area contributed by atoms with Crippen LogP contribution in [0, 0.1) is 0 Å². The van der Waals surface area contributed by atoms with Crippen molar-refractivity contribution >= 4 is 60.4 Å². The van der Waals surface area contributed by atoms with E-state index in [4.69, 9.17) is 0 Å². The molecule has 0 aliphatic carbocycles. The summed E-state index contributed by atoms with van der Waals surface area (Å²) in [4.78, 5) is 2.53. The highest BCUT2D eigenvalue weighted by Gasteiger charge is 2.32. The summed E-state index contributed by atoms with van der Waals surface area (Å²) in [6.07, 6.45) is 0. The molecule has 11 aromatic carbocycles. The van der Waals surface area contributed by atoms with Gasteiger partial charge in [0.25, 0.3) is 0 Å². The zero-order chi connectivity index (χ0) is 42.1. The van der Waals surface area contributed by atoms with Gasteiger partial charge in [-0.1, -0.05) is 200 Å². The molecule has 0 fully saturated rings. The summed E-state index contributed by atoms with van der Waals surface area (Å²) in [7, 11) is 0. The minimum atomic E-state index is 1.12. The molecule has 13 rings (SSSR count). The van der Waals surface area contributed by atoms with Crippen molar-refractivity contribution < 1.29 is 0 Å². The van der Waals surface area contributed by atoms with Crippen molar-refractivity contribution in [2.75, 3.05) is 4.90 Å². The Morgan fingerprint density at radius 2 is 0.844 bits per heavy atom. The lowest BCUT2D eigenvalue weighted by Gasteiger charge is -2.37. The van der Waals surface area contributed by atoms with E-state index >= 15 is 0 Å². The van der Waals surface area contributed by atoms with Gasteiger partial charge in [-0.25, -0.2) is 0 Å². The van der Waals surface area contributed by atoms with Crippen molar-refractivity contribution in [3.05, 3.63) is 243 Å². The lowest BCUT2D eigenvalue weighted by atomic mass is 9.81. The van der Waals surface area contributed by atoms with Gasteiger partial charge in [0.2, 0.25) is 0 Å². The van der Waals surface area contributed by atoms with Crippen LogP contribution in [0.15, 0.2) is 243 Å². The van der Waals surface area contributed by atoms with E-state index in [1.165, 1.54) is 116 Å². The van der Waals surface area contributed by atoms with Crippen LogP contribution in [-0.4, -0.2) is 4.57 Å². The lowest BCUT2D eigenvalue weighted by molar-refractivity contribution is 1.20. The van der Waals surface area contributed by atoms with Gasteiger partial charge in [-0.3, -0.25) is 0 Å². The van der Waals surface area contributed by atoms with Gasteiger partial charge in [0.1, 0.15) is 0 Å². The average molecular weight is 813 g/mol. The zero-order valence-electron chi connectivity index (χ0n) is 35.0. The van der Waals surface area contributed by atoms with E-state index in [9.17, 15) is 0 Å². The second kappa shape index (κ2) is 14.6. The summed E-state index contributed by atoms with van der Waals surface area (Å²) in [5, 5.41) is 7.46. The monoisotopic (exact) mass is 812 g/mol. The van der Waals surface area contributed by atoms with E-state index in [0.717, 1.165) is 5.69 Å². The van der Waals surface area contributed by atoms with Crippen molar-refractivity contribution in [1.82, 2.24) is 4.57 Å². The third-order valence-electron chi connectivity index (χ3n) is 13.3. The summed E-state index contributed by atoms with van der Waals surface area (Å²) in [6.45, 7) is 0. The fraction of sp³-hybridized carbons (Fsp3) is 0. The van der Waals surface area contributed by atoms with Gasteiger partial charge in [-0.15, -0.1) is 0 Å². The van der Waals surface area contributed by atoms with Gasteiger partial charge in [0, 0.05) is 38.4 Å². The quantitative estimate of drug-likeness (QED) is 0.162. The highest BCUT2D eigenvalue weighted by atomic mass is 15.2. The molecule has 1 aromatic heterocycles. The van der Waals surface area contributed by atoms with E-state index < -0.39 is 0 Å². The predicted molar refractivity (Wildman–Crippen MR) is 271 cm³/mol. The molecule has 1 aliphatic rings. The van der Waals surface area contributed by atoms with Gasteiger partial charge in [0.15, 0.2) is 0 Å². The van der Waals surface area contributed by atoms with Crippen LogP contribution in [0.5, 0.6) is 0 Å². The molecule has 64 heavy (non-hydrogen) atoms. The lowest BCUT2D eigenvalue weighted by Crippen LogP contribution is -2.17. The topological polar surface area (TPSA) is 8.17 Å². The maximum absolute atomic E-state index is 2.53. The average Bonchev–Trinajstić information content (AvgIpc) is 3.70. The first-order valence-corrected chi connectivity index (χ1v) is 22.1. The molecule has 1 aliphatic heterocycles. The van der Waals surface area contributed by atoms with Crippen LogP contribution < -0.4 is 4.90 Å².